The van der Waals surface area contributed by atoms with Gasteiger partial charge in [-0.25, -0.2) is 9.78 Å². The zero-order valence-corrected chi connectivity index (χ0v) is 20.6. The van der Waals surface area contributed by atoms with Crippen LogP contribution in [0.5, 0.6) is 0 Å². The molecule has 0 bridgehead atoms. The Morgan fingerprint density at radius 2 is 1.69 bits per heavy atom. The van der Waals surface area contributed by atoms with Gasteiger partial charge in [-0.2, -0.15) is 0 Å². The zero-order chi connectivity index (χ0) is 25.1. The van der Waals surface area contributed by atoms with Crippen molar-refractivity contribution in [3.63, 3.8) is 0 Å². The molecule has 5 rings (SSSR count). The number of amides is 1. The molecule has 0 unspecified atom stereocenters. The van der Waals surface area contributed by atoms with E-state index in [0.29, 0.717) is 18.0 Å². The van der Waals surface area contributed by atoms with Crippen molar-refractivity contribution in [2.75, 3.05) is 4.90 Å². The van der Waals surface area contributed by atoms with Gasteiger partial charge in [-0.05, 0) is 36.1 Å². The summed E-state index contributed by atoms with van der Waals surface area (Å²) in [5.41, 5.74) is 4.71. The number of para-hydroxylation sites is 3. The molecule has 0 radical (unpaired) electrons. The minimum absolute atomic E-state index is 0.156. The Morgan fingerprint density at radius 3 is 2.50 bits per heavy atom. The summed E-state index contributed by atoms with van der Waals surface area (Å²) < 4.78 is 7.63. The van der Waals surface area contributed by atoms with E-state index in [1.54, 1.807) is 4.90 Å². The molecule has 6 heteroatoms. The number of ether oxygens (including phenoxy) is 1. The van der Waals surface area contributed by atoms with Crippen molar-refractivity contribution >= 4 is 34.2 Å². The highest BCUT2D eigenvalue weighted by Crippen LogP contribution is 2.37. The average Bonchev–Trinajstić information content (AvgIpc) is 3.37. The summed E-state index contributed by atoms with van der Waals surface area (Å²) >= 11 is 0. The van der Waals surface area contributed by atoms with E-state index in [1.165, 1.54) is 6.08 Å². The van der Waals surface area contributed by atoms with E-state index in [0.717, 1.165) is 46.6 Å². The lowest BCUT2D eigenvalue weighted by Gasteiger charge is -2.18. The van der Waals surface area contributed by atoms with Gasteiger partial charge in [-0.15, -0.1) is 0 Å². The van der Waals surface area contributed by atoms with E-state index in [1.807, 2.05) is 72.8 Å². The first-order chi connectivity index (χ1) is 17.5. The molecule has 3 aromatic carbocycles. The number of rotatable bonds is 8. The molecule has 0 N–H and O–H groups in total. The molecule has 1 aromatic heterocycles. The summed E-state index contributed by atoms with van der Waals surface area (Å²) in [6, 6.07) is 25.1. The summed E-state index contributed by atoms with van der Waals surface area (Å²) in [6.07, 6.45) is 2.32. The highest BCUT2D eigenvalue weighted by atomic mass is 16.5. The minimum atomic E-state index is -0.539. The van der Waals surface area contributed by atoms with Crippen molar-refractivity contribution in [2.24, 2.45) is 5.92 Å². The fourth-order valence-electron chi connectivity index (χ4n) is 4.52. The number of nitrogens with zero attached hydrogens (tertiary/aromatic N) is 3. The van der Waals surface area contributed by atoms with Crippen LogP contribution in [0.2, 0.25) is 0 Å². The number of fused-ring (bicyclic) bond motifs is 2. The highest BCUT2D eigenvalue weighted by Gasteiger charge is 2.34. The van der Waals surface area contributed by atoms with Crippen LogP contribution in [0.1, 0.15) is 37.2 Å². The minimum Gasteiger partial charge on any atom is -0.458 e. The summed E-state index contributed by atoms with van der Waals surface area (Å²) in [5.74, 6) is 0.607. The van der Waals surface area contributed by atoms with E-state index < -0.39 is 5.97 Å². The molecule has 0 atom stereocenters. The Kier molecular flexibility index (Phi) is 6.67. The van der Waals surface area contributed by atoms with Crippen LogP contribution in [0, 0.1) is 5.92 Å². The van der Waals surface area contributed by atoms with E-state index in [9.17, 15) is 9.59 Å². The van der Waals surface area contributed by atoms with Gasteiger partial charge in [0, 0.05) is 18.2 Å². The zero-order valence-electron chi connectivity index (χ0n) is 20.6. The number of carbonyl (C=O) groups excluding carboxylic acids is 2. The quantitative estimate of drug-likeness (QED) is 0.238. The standard InChI is InChI=1S/C30H29N3O3/c1-21(2)16-17-32-27-15-9-7-13-25(27)31-28(32)19-33-26-14-8-6-12-23(26)24(30(33)35)18-29(34)36-20-22-10-4-3-5-11-22/h3-15,18,21H,16-17,19-20H2,1-2H3. The van der Waals surface area contributed by atoms with Crippen molar-refractivity contribution in [1.29, 1.82) is 0 Å². The van der Waals surface area contributed by atoms with Crippen molar-refractivity contribution in [3.8, 4) is 0 Å². The van der Waals surface area contributed by atoms with Gasteiger partial charge in [0.15, 0.2) is 0 Å². The van der Waals surface area contributed by atoms with Gasteiger partial charge in [0.1, 0.15) is 12.4 Å². The van der Waals surface area contributed by atoms with Crippen molar-refractivity contribution in [1.82, 2.24) is 9.55 Å². The topological polar surface area (TPSA) is 64.4 Å². The van der Waals surface area contributed by atoms with Gasteiger partial charge in [-0.3, -0.25) is 4.79 Å². The van der Waals surface area contributed by atoms with Crippen LogP contribution in [0.25, 0.3) is 16.6 Å². The molecule has 182 valence electrons. The third-order valence-corrected chi connectivity index (χ3v) is 6.41. The smallest absolute Gasteiger partial charge is 0.331 e. The molecule has 2 heterocycles. The predicted molar refractivity (Wildman–Crippen MR) is 141 cm³/mol. The molecular weight excluding hydrogens is 450 g/mol. The lowest BCUT2D eigenvalue weighted by molar-refractivity contribution is -0.139. The first-order valence-corrected chi connectivity index (χ1v) is 12.3. The number of hydrogen-bond donors (Lipinski definition) is 0. The molecule has 6 nitrogen and oxygen atoms in total. The summed E-state index contributed by atoms with van der Waals surface area (Å²) in [5, 5.41) is 0. The molecule has 0 fully saturated rings. The molecule has 36 heavy (non-hydrogen) atoms. The Balaban J connectivity index is 1.43. The third-order valence-electron chi connectivity index (χ3n) is 6.41. The van der Waals surface area contributed by atoms with Crippen LogP contribution in [0.4, 0.5) is 5.69 Å². The van der Waals surface area contributed by atoms with Gasteiger partial charge >= 0.3 is 5.97 Å². The summed E-state index contributed by atoms with van der Waals surface area (Å²) in [6.45, 7) is 5.70. The Bertz CT molecular complexity index is 1440. The van der Waals surface area contributed by atoms with Crippen LogP contribution in [0.15, 0.2) is 84.9 Å². The summed E-state index contributed by atoms with van der Waals surface area (Å²) in [4.78, 5) is 32.8. The van der Waals surface area contributed by atoms with Crippen LogP contribution < -0.4 is 4.90 Å². The van der Waals surface area contributed by atoms with Gasteiger partial charge in [-0.1, -0.05) is 74.5 Å². The second-order valence-electron chi connectivity index (χ2n) is 9.41. The van der Waals surface area contributed by atoms with Crippen molar-refractivity contribution in [3.05, 3.63) is 102 Å². The third kappa shape index (κ3) is 4.80. The molecule has 0 saturated carbocycles. The Hall–Kier alpha value is -4.19. The van der Waals surface area contributed by atoms with E-state index in [4.69, 9.17) is 9.72 Å². The van der Waals surface area contributed by atoms with Gasteiger partial charge in [0.05, 0.1) is 28.8 Å². The SMILES string of the molecule is CC(C)CCn1c(CN2C(=O)C(=CC(=O)OCc3ccccc3)c3ccccc32)nc2ccccc21. The van der Waals surface area contributed by atoms with Gasteiger partial charge in [0.2, 0.25) is 0 Å². The lowest BCUT2D eigenvalue weighted by Crippen LogP contribution is -2.28. The number of imidazole rings is 1. The fraction of sp³-hybridized carbons (Fsp3) is 0.233. The second-order valence-corrected chi connectivity index (χ2v) is 9.41. The second kappa shape index (κ2) is 10.2. The number of aromatic nitrogens is 2. The maximum Gasteiger partial charge on any atom is 0.331 e. The first-order valence-electron chi connectivity index (χ1n) is 12.3. The number of anilines is 1. The number of esters is 1. The molecular formula is C30H29N3O3. The van der Waals surface area contributed by atoms with Crippen LogP contribution in [-0.2, 0) is 34.0 Å². The molecule has 0 spiro atoms. The largest absolute Gasteiger partial charge is 0.458 e. The van der Waals surface area contributed by atoms with Crippen molar-refractivity contribution < 1.29 is 14.3 Å². The van der Waals surface area contributed by atoms with E-state index in [-0.39, 0.29) is 12.5 Å². The molecule has 4 aromatic rings. The Morgan fingerprint density at radius 1 is 0.972 bits per heavy atom. The number of benzene rings is 3. The predicted octanol–water partition coefficient (Wildman–Crippen LogP) is 5.76. The molecule has 1 amide bonds. The normalized spacial score (nSPS) is 14.1. The highest BCUT2D eigenvalue weighted by molar-refractivity contribution is 6.34. The summed E-state index contributed by atoms with van der Waals surface area (Å²) in [7, 11) is 0. The Labute approximate surface area is 210 Å². The maximum atomic E-state index is 13.6. The van der Waals surface area contributed by atoms with E-state index in [2.05, 4.69) is 24.5 Å². The van der Waals surface area contributed by atoms with Crippen LogP contribution in [0.3, 0.4) is 0 Å². The molecule has 1 aliphatic rings. The molecule has 1 aliphatic heterocycles. The monoisotopic (exact) mass is 479 g/mol. The molecule has 0 aliphatic carbocycles. The first kappa shape index (κ1) is 23.5. The average molecular weight is 480 g/mol. The van der Waals surface area contributed by atoms with Gasteiger partial charge in [0.25, 0.3) is 5.91 Å². The van der Waals surface area contributed by atoms with Gasteiger partial charge < -0.3 is 14.2 Å². The fourth-order valence-corrected chi connectivity index (χ4v) is 4.52. The van der Waals surface area contributed by atoms with E-state index >= 15 is 0 Å². The number of aryl methyl sites for hydroxylation is 1. The maximum absolute atomic E-state index is 13.6. The van der Waals surface area contributed by atoms with Crippen LogP contribution in [-0.4, -0.2) is 21.4 Å². The molecule has 0 saturated heterocycles. The number of hydrogen-bond acceptors (Lipinski definition) is 4. The van der Waals surface area contributed by atoms with Crippen LogP contribution >= 0.6 is 0 Å². The lowest BCUT2D eigenvalue weighted by atomic mass is 10.1. The van der Waals surface area contributed by atoms with Crippen molar-refractivity contribution in [2.45, 2.75) is 40.0 Å². The number of carbonyl (C=O) groups is 2.